The molecule has 2 aliphatic rings. The molecule has 25 heavy (non-hydrogen) atoms. The summed E-state index contributed by atoms with van der Waals surface area (Å²) >= 11 is 0. The monoisotopic (exact) mass is 340 g/mol. The molecule has 2 aromatic rings. The molecule has 2 fully saturated rings. The number of hydrogen-bond donors (Lipinski definition) is 0. The highest BCUT2D eigenvalue weighted by atomic mass is 16.5. The first-order valence-corrected chi connectivity index (χ1v) is 9.28. The van der Waals surface area contributed by atoms with Gasteiger partial charge < -0.3 is 9.64 Å². The zero-order valence-corrected chi connectivity index (χ0v) is 15.2. The summed E-state index contributed by atoms with van der Waals surface area (Å²) in [5, 5.41) is 4.29. The zero-order valence-electron chi connectivity index (χ0n) is 15.2. The Kier molecular flexibility index (Phi) is 4.77. The molecule has 0 spiro atoms. The summed E-state index contributed by atoms with van der Waals surface area (Å²) in [5.74, 6) is 2.47. The smallest absolute Gasteiger partial charge is 0.118 e. The third-order valence-electron chi connectivity index (χ3n) is 5.85. The Bertz CT molecular complexity index is 670. The van der Waals surface area contributed by atoms with Gasteiger partial charge in [0.2, 0.25) is 0 Å². The highest BCUT2D eigenvalue weighted by Gasteiger charge is 2.45. The molecule has 0 saturated carbocycles. The fraction of sp³-hybridized carbons (Fsp3) is 0.550. The lowest BCUT2D eigenvalue weighted by Gasteiger charge is -2.27. The number of likely N-dealkylation sites (tertiary alicyclic amines) is 2. The van der Waals surface area contributed by atoms with Gasteiger partial charge in [0, 0.05) is 44.6 Å². The van der Waals surface area contributed by atoms with E-state index >= 15 is 0 Å². The Labute approximate surface area is 150 Å². The van der Waals surface area contributed by atoms with Gasteiger partial charge in [-0.1, -0.05) is 12.1 Å². The van der Waals surface area contributed by atoms with Crippen LogP contribution in [-0.2, 0) is 6.54 Å². The van der Waals surface area contributed by atoms with Crippen molar-refractivity contribution in [1.29, 1.82) is 0 Å². The van der Waals surface area contributed by atoms with Crippen molar-refractivity contribution in [3.8, 4) is 5.75 Å². The van der Waals surface area contributed by atoms with Crippen molar-refractivity contribution in [2.75, 3.05) is 40.3 Å². The first-order valence-electron chi connectivity index (χ1n) is 9.28. The number of aryl methyl sites for hydroxylation is 1. The molecule has 0 aliphatic carbocycles. The normalized spacial score (nSPS) is 26.9. The van der Waals surface area contributed by atoms with Gasteiger partial charge in [0.15, 0.2) is 0 Å². The molecule has 0 radical (unpaired) electrons. The molecule has 0 bridgehead atoms. The van der Waals surface area contributed by atoms with E-state index in [9.17, 15) is 0 Å². The SMILES string of the molecule is COc1ccc([C@@H]2[C@@H]3CN(CCCn4cccn4)C[C@@H]3CN2C)cc1. The first kappa shape index (κ1) is 16.6. The topological polar surface area (TPSA) is 33.5 Å². The van der Waals surface area contributed by atoms with Crippen LogP contribution in [0, 0.1) is 11.8 Å². The quantitative estimate of drug-likeness (QED) is 0.809. The van der Waals surface area contributed by atoms with Crippen molar-refractivity contribution < 1.29 is 4.74 Å². The summed E-state index contributed by atoms with van der Waals surface area (Å²) in [6, 6.07) is 11.2. The van der Waals surface area contributed by atoms with E-state index in [-0.39, 0.29) is 0 Å². The van der Waals surface area contributed by atoms with E-state index in [1.807, 2.05) is 23.1 Å². The second-order valence-electron chi connectivity index (χ2n) is 7.46. The Hall–Kier alpha value is -1.85. The molecule has 4 rings (SSSR count). The molecule has 2 saturated heterocycles. The first-order chi connectivity index (χ1) is 12.2. The van der Waals surface area contributed by atoms with E-state index in [4.69, 9.17) is 4.74 Å². The lowest BCUT2D eigenvalue weighted by molar-refractivity contribution is 0.225. The molecule has 1 aromatic heterocycles. The van der Waals surface area contributed by atoms with Gasteiger partial charge in [0.1, 0.15) is 5.75 Å². The van der Waals surface area contributed by atoms with Crippen molar-refractivity contribution in [3.05, 3.63) is 48.3 Å². The van der Waals surface area contributed by atoms with Crippen LogP contribution >= 0.6 is 0 Å². The van der Waals surface area contributed by atoms with Crippen LogP contribution in [0.4, 0.5) is 0 Å². The Balaban J connectivity index is 1.36. The average Bonchev–Trinajstić information content (AvgIpc) is 3.32. The maximum Gasteiger partial charge on any atom is 0.118 e. The fourth-order valence-electron chi connectivity index (χ4n) is 4.72. The van der Waals surface area contributed by atoms with Crippen LogP contribution in [0.5, 0.6) is 5.75 Å². The third kappa shape index (κ3) is 3.44. The highest BCUT2D eigenvalue weighted by molar-refractivity contribution is 5.30. The molecule has 0 N–H and O–H groups in total. The van der Waals surface area contributed by atoms with E-state index in [1.165, 1.54) is 38.2 Å². The van der Waals surface area contributed by atoms with Gasteiger partial charge in [0.05, 0.1) is 7.11 Å². The Morgan fingerprint density at radius 3 is 2.68 bits per heavy atom. The molecule has 134 valence electrons. The molecule has 1 aromatic carbocycles. The van der Waals surface area contributed by atoms with Gasteiger partial charge >= 0.3 is 0 Å². The number of nitrogens with zero attached hydrogens (tertiary/aromatic N) is 4. The molecule has 2 aliphatic heterocycles. The predicted octanol–water partition coefficient (Wildman–Crippen LogP) is 2.52. The molecule has 3 heterocycles. The van der Waals surface area contributed by atoms with Crippen LogP contribution in [0.25, 0.3) is 0 Å². The van der Waals surface area contributed by atoms with Gasteiger partial charge in [0.25, 0.3) is 0 Å². The third-order valence-corrected chi connectivity index (χ3v) is 5.85. The van der Waals surface area contributed by atoms with E-state index < -0.39 is 0 Å². The van der Waals surface area contributed by atoms with Gasteiger partial charge in [-0.25, -0.2) is 0 Å². The lowest BCUT2D eigenvalue weighted by atomic mass is 9.89. The lowest BCUT2D eigenvalue weighted by Crippen LogP contribution is -2.30. The van der Waals surface area contributed by atoms with Crippen LogP contribution in [0.15, 0.2) is 42.7 Å². The van der Waals surface area contributed by atoms with E-state index in [1.54, 1.807) is 7.11 Å². The summed E-state index contributed by atoms with van der Waals surface area (Å²) < 4.78 is 7.34. The second-order valence-corrected chi connectivity index (χ2v) is 7.46. The minimum Gasteiger partial charge on any atom is -0.497 e. The maximum atomic E-state index is 5.31. The molecular formula is C20H28N4O. The molecule has 5 heteroatoms. The van der Waals surface area contributed by atoms with E-state index in [0.29, 0.717) is 6.04 Å². The van der Waals surface area contributed by atoms with Crippen molar-refractivity contribution in [1.82, 2.24) is 19.6 Å². The number of ether oxygens (including phenoxy) is 1. The van der Waals surface area contributed by atoms with Crippen molar-refractivity contribution >= 4 is 0 Å². The Morgan fingerprint density at radius 1 is 1.12 bits per heavy atom. The fourth-order valence-corrected chi connectivity index (χ4v) is 4.72. The van der Waals surface area contributed by atoms with Crippen LogP contribution in [-0.4, -0.2) is 59.9 Å². The molecule has 5 nitrogen and oxygen atoms in total. The van der Waals surface area contributed by atoms with E-state index in [0.717, 1.165) is 24.1 Å². The largest absolute Gasteiger partial charge is 0.497 e. The highest BCUT2D eigenvalue weighted by Crippen LogP contribution is 2.44. The summed E-state index contributed by atoms with van der Waals surface area (Å²) in [7, 11) is 4.00. The molecule has 0 unspecified atom stereocenters. The summed E-state index contributed by atoms with van der Waals surface area (Å²) in [5.41, 5.74) is 1.43. The number of hydrogen-bond acceptors (Lipinski definition) is 4. The van der Waals surface area contributed by atoms with Gasteiger partial charge in [-0.15, -0.1) is 0 Å². The van der Waals surface area contributed by atoms with Crippen molar-refractivity contribution in [2.24, 2.45) is 11.8 Å². The van der Waals surface area contributed by atoms with Crippen molar-refractivity contribution in [3.63, 3.8) is 0 Å². The average molecular weight is 340 g/mol. The molecule has 3 atom stereocenters. The standard InChI is InChI=1S/C20H28N4O/c1-22-13-17-14-23(10-4-12-24-11-3-9-21-24)15-19(17)20(22)16-5-7-18(25-2)8-6-16/h3,5-9,11,17,19-20H,4,10,12-15H2,1-2H3/t17-,19+,20+/m0/s1. The van der Waals surface area contributed by atoms with Crippen LogP contribution in [0.2, 0.25) is 0 Å². The van der Waals surface area contributed by atoms with Gasteiger partial charge in [-0.3, -0.25) is 9.58 Å². The van der Waals surface area contributed by atoms with Gasteiger partial charge in [-0.2, -0.15) is 5.10 Å². The van der Waals surface area contributed by atoms with Crippen LogP contribution in [0.1, 0.15) is 18.0 Å². The molecular weight excluding hydrogens is 312 g/mol. The summed E-state index contributed by atoms with van der Waals surface area (Å²) in [6.07, 6.45) is 5.08. The predicted molar refractivity (Wildman–Crippen MR) is 98.6 cm³/mol. The zero-order chi connectivity index (χ0) is 17.2. The van der Waals surface area contributed by atoms with E-state index in [2.05, 4.69) is 46.2 Å². The summed E-state index contributed by atoms with van der Waals surface area (Å²) in [4.78, 5) is 5.20. The number of methoxy groups -OCH3 is 1. The molecule has 0 amide bonds. The van der Waals surface area contributed by atoms with Crippen LogP contribution in [0.3, 0.4) is 0 Å². The summed E-state index contributed by atoms with van der Waals surface area (Å²) in [6.45, 7) is 5.84. The van der Waals surface area contributed by atoms with Gasteiger partial charge in [-0.05, 0) is 55.6 Å². The van der Waals surface area contributed by atoms with Crippen molar-refractivity contribution in [2.45, 2.75) is 19.0 Å². The number of benzene rings is 1. The van der Waals surface area contributed by atoms with Crippen LogP contribution < -0.4 is 4.74 Å². The maximum absolute atomic E-state index is 5.31. The second kappa shape index (κ2) is 7.18. The number of fused-ring (bicyclic) bond motifs is 1. The Morgan fingerprint density at radius 2 is 1.96 bits per heavy atom. The number of rotatable bonds is 6. The minimum absolute atomic E-state index is 0.534. The minimum atomic E-state index is 0.534. The number of aromatic nitrogens is 2.